The molecule has 0 aliphatic carbocycles. The molecule has 0 unspecified atom stereocenters. The average molecular weight is 358 g/mol. The first kappa shape index (κ1) is 18.7. The Morgan fingerprint density at radius 3 is 2.24 bits per heavy atom. The van der Waals surface area contributed by atoms with Crippen molar-refractivity contribution in [2.24, 2.45) is 0 Å². The summed E-state index contributed by atoms with van der Waals surface area (Å²) in [5.41, 5.74) is 2.69. The monoisotopic (exact) mass is 358 g/mol. The van der Waals surface area contributed by atoms with Gasteiger partial charge in [0.1, 0.15) is 0 Å². The second kappa shape index (κ2) is 7.94. The first-order chi connectivity index (χ1) is 11.8. The molecule has 2 N–H and O–H groups in total. The molecule has 0 heterocycles. The summed E-state index contributed by atoms with van der Waals surface area (Å²) in [5.74, 6) is 0. The Balaban J connectivity index is 2.27. The molecule has 0 spiro atoms. The summed E-state index contributed by atoms with van der Waals surface area (Å²) in [6.07, 6.45) is 1.69. The van der Waals surface area contributed by atoms with Crippen molar-refractivity contribution >= 4 is 27.5 Å². The fourth-order valence-electron chi connectivity index (χ4n) is 2.26. The van der Waals surface area contributed by atoms with Gasteiger partial charge in [-0.05, 0) is 41.5 Å². The minimum atomic E-state index is -4.25. The number of nitrogens with zero attached hydrogens (tertiary/aromatic N) is 2. The summed E-state index contributed by atoms with van der Waals surface area (Å²) in [4.78, 5) is 1.69. The smallest absolute Gasteiger partial charge is 0.294 e. The molecule has 2 aromatic rings. The van der Waals surface area contributed by atoms with Crippen LogP contribution in [0.2, 0.25) is 0 Å². The van der Waals surface area contributed by atoms with Crippen LogP contribution >= 0.6 is 0 Å². The number of allylic oxidation sites excluding steroid dienone is 1. The van der Waals surface area contributed by atoms with Gasteiger partial charge in [0.25, 0.3) is 10.1 Å². The average Bonchev–Trinajstić information content (AvgIpc) is 2.60. The van der Waals surface area contributed by atoms with Gasteiger partial charge in [0, 0.05) is 19.3 Å². The topological polar surface area (TPSA) is 102 Å². The van der Waals surface area contributed by atoms with Crippen LogP contribution in [0.1, 0.15) is 11.1 Å². The molecule has 7 heteroatoms. The molecule has 130 valence electrons. The highest BCUT2D eigenvalue weighted by molar-refractivity contribution is 7.85. The molecule has 25 heavy (non-hydrogen) atoms. The van der Waals surface area contributed by atoms with E-state index in [0.29, 0.717) is 17.7 Å². The van der Waals surface area contributed by atoms with Crippen LogP contribution in [0.15, 0.2) is 53.4 Å². The number of hydrogen-bond acceptors (Lipinski definition) is 5. The molecule has 0 atom stereocenters. The SMILES string of the molecule is CN(CCO)c1ccc(/C=C(\C#N)c2ccc(S(=O)(=O)O)cc2)cc1. The molecule has 0 fully saturated rings. The zero-order valence-corrected chi connectivity index (χ0v) is 14.4. The Kier molecular flexibility index (Phi) is 5.93. The lowest BCUT2D eigenvalue weighted by molar-refractivity contribution is 0.304. The summed E-state index contributed by atoms with van der Waals surface area (Å²) >= 11 is 0. The number of aliphatic hydroxyl groups is 1. The molecule has 0 saturated carbocycles. The lowest BCUT2D eigenvalue weighted by Crippen LogP contribution is -2.20. The van der Waals surface area contributed by atoms with Crippen molar-refractivity contribution in [2.75, 3.05) is 25.1 Å². The molecule has 0 saturated heterocycles. The summed E-state index contributed by atoms with van der Waals surface area (Å²) in [7, 11) is -2.38. The van der Waals surface area contributed by atoms with Crippen LogP contribution in [0.25, 0.3) is 11.6 Å². The molecule has 0 amide bonds. The summed E-state index contributed by atoms with van der Waals surface area (Å²) < 4.78 is 31.1. The Morgan fingerprint density at radius 1 is 1.16 bits per heavy atom. The number of aliphatic hydroxyl groups excluding tert-OH is 1. The quantitative estimate of drug-likeness (QED) is 0.467. The molecular formula is C18H18N2O4S. The van der Waals surface area contributed by atoms with Gasteiger partial charge in [0.2, 0.25) is 0 Å². The molecule has 0 aliphatic rings. The summed E-state index contributed by atoms with van der Waals surface area (Å²) in [6.45, 7) is 0.592. The van der Waals surface area contributed by atoms with E-state index in [2.05, 4.69) is 6.07 Å². The highest BCUT2D eigenvalue weighted by atomic mass is 32.2. The number of hydrogen-bond donors (Lipinski definition) is 2. The van der Waals surface area contributed by atoms with Crippen LogP contribution in [0.4, 0.5) is 5.69 Å². The molecule has 0 radical (unpaired) electrons. The van der Waals surface area contributed by atoms with E-state index in [9.17, 15) is 13.7 Å². The maximum atomic E-state index is 11.1. The second-order valence-corrected chi connectivity index (χ2v) is 6.83. The van der Waals surface area contributed by atoms with E-state index >= 15 is 0 Å². The van der Waals surface area contributed by atoms with Crippen LogP contribution in [0.3, 0.4) is 0 Å². The van der Waals surface area contributed by atoms with E-state index in [1.807, 2.05) is 36.2 Å². The van der Waals surface area contributed by atoms with E-state index in [-0.39, 0.29) is 11.5 Å². The first-order valence-electron chi connectivity index (χ1n) is 7.47. The lowest BCUT2D eigenvalue weighted by atomic mass is 10.0. The second-order valence-electron chi connectivity index (χ2n) is 5.41. The van der Waals surface area contributed by atoms with Gasteiger partial charge in [0.15, 0.2) is 0 Å². The third-order valence-corrected chi connectivity index (χ3v) is 4.53. The van der Waals surface area contributed by atoms with Crippen molar-refractivity contribution in [1.82, 2.24) is 0 Å². The Hall–Kier alpha value is -2.66. The molecule has 2 rings (SSSR count). The Labute approximate surface area is 147 Å². The van der Waals surface area contributed by atoms with E-state index in [0.717, 1.165) is 11.3 Å². The fraction of sp³-hybridized carbons (Fsp3) is 0.167. The van der Waals surface area contributed by atoms with Crippen molar-refractivity contribution in [3.63, 3.8) is 0 Å². The number of likely N-dealkylation sites (N-methyl/N-ethyl adjacent to an activating group) is 1. The van der Waals surface area contributed by atoms with Crippen LogP contribution in [0, 0.1) is 11.3 Å². The minimum Gasteiger partial charge on any atom is -0.395 e. The standard InChI is InChI=1S/C18H18N2O4S/c1-20(10-11-21)17-6-2-14(3-7-17)12-16(13-19)15-4-8-18(9-5-15)25(22,23)24/h2-9,12,21H,10-11H2,1H3,(H,22,23,24)/b16-12+. The third-order valence-electron chi connectivity index (χ3n) is 3.66. The van der Waals surface area contributed by atoms with Gasteiger partial charge in [-0.15, -0.1) is 0 Å². The van der Waals surface area contributed by atoms with Crippen LogP contribution < -0.4 is 4.90 Å². The molecule has 6 nitrogen and oxygen atoms in total. The summed E-state index contributed by atoms with van der Waals surface area (Å²) in [5, 5.41) is 18.3. The zero-order valence-electron chi connectivity index (χ0n) is 13.6. The number of nitriles is 1. The van der Waals surface area contributed by atoms with Crippen molar-refractivity contribution in [2.45, 2.75) is 4.90 Å². The maximum Gasteiger partial charge on any atom is 0.294 e. The number of rotatable bonds is 6. The lowest BCUT2D eigenvalue weighted by Gasteiger charge is -2.17. The van der Waals surface area contributed by atoms with Crippen molar-refractivity contribution < 1.29 is 18.1 Å². The van der Waals surface area contributed by atoms with E-state index in [1.165, 1.54) is 24.3 Å². The summed E-state index contributed by atoms with van der Waals surface area (Å²) in [6, 6.07) is 15.0. The Bertz CT molecular complexity index is 896. The molecule has 0 bridgehead atoms. The molecule has 0 aliphatic heterocycles. The minimum absolute atomic E-state index is 0.0658. The fourth-order valence-corrected chi connectivity index (χ4v) is 2.74. The van der Waals surface area contributed by atoms with Crippen molar-refractivity contribution in [3.8, 4) is 6.07 Å². The van der Waals surface area contributed by atoms with Crippen LogP contribution in [-0.4, -0.2) is 38.3 Å². The highest BCUT2D eigenvalue weighted by Gasteiger charge is 2.10. The van der Waals surface area contributed by atoms with Crippen LogP contribution in [-0.2, 0) is 10.1 Å². The number of benzene rings is 2. The van der Waals surface area contributed by atoms with Crippen molar-refractivity contribution in [3.05, 3.63) is 59.7 Å². The number of anilines is 1. The molecule has 0 aromatic heterocycles. The first-order valence-corrected chi connectivity index (χ1v) is 8.91. The van der Waals surface area contributed by atoms with Crippen LogP contribution in [0.5, 0.6) is 0 Å². The third kappa shape index (κ3) is 4.90. The normalized spacial score (nSPS) is 11.8. The van der Waals surface area contributed by atoms with E-state index in [4.69, 9.17) is 9.66 Å². The zero-order chi connectivity index (χ0) is 18.4. The van der Waals surface area contributed by atoms with Gasteiger partial charge in [-0.3, -0.25) is 4.55 Å². The maximum absolute atomic E-state index is 11.1. The predicted octanol–water partition coefficient (Wildman–Crippen LogP) is 2.43. The largest absolute Gasteiger partial charge is 0.395 e. The predicted molar refractivity (Wildman–Crippen MR) is 96.5 cm³/mol. The van der Waals surface area contributed by atoms with E-state index in [1.54, 1.807) is 6.08 Å². The molecule has 2 aromatic carbocycles. The van der Waals surface area contributed by atoms with E-state index < -0.39 is 10.1 Å². The van der Waals surface area contributed by atoms with Gasteiger partial charge < -0.3 is 10.0 Å². The highest BCUT2D eigenvalue weighted by Crippen LogP contribution is 2.21. The van der Waals surface area contributed by atoms with Gasteiger partial charge in [0.05, 0.1) is 23.1 Å². The Morgan fingerprint density at radius 2 is 1.76 bits per heavy atom. The van der Waals surface area contributed by atoms with Crippen molar-refractivity contribution in [1.29, 1.82) is 5.26 Å². The van der Waals surface area contributed by atoms with Gasteiger partial charge in [-0.1, -0.05) is 24.3 Å². The molecular weight excluding hydrogens is 340 g/mol. The van der Waals surface area contributed by atoms with Gasteiger partial charge >= 0.3 is 0 Å². The van der Waals surface area contributed by atoms with Gasteiger partial charge in [-0.2, -0.15) is 13.7 Å². The van der Waals surface area contributed by atoms with Gasteiger partial charge in [-0.25, -0.2) is 0 Å².